The molecule has 1 aromatic carbocycles. The van der Waals surface area contributed by atoms with Gasteiger partial charge >= 0.3 is 5.97 Å². The lowest BCUT2D eigenvalue weighted by molar-refractivity contribution is -0.120. The van der Waals surface area contributed by atoms with Crippen molar-refractivity contribution in [3.8, 4) is 0 Å². The molecule has 1 amide bonds. The summed E-state index contributed by atoms with van der Waals surface area (Å²) in [6.45, 7) is 2.20. The van der Waals surface area contributed by atoms with E-state index in [9.17, 15) is 9.59 Å². The summed E-state index contributed by atoms with van der Waals surface area (Å²) in [4.78, 5) is 22.7. The maximum absolute atomic E-state index is 11.5. The molecule has 6 nitrogen and oxygen atoms in total. The van der Waals surface area contributed by atoms with E-state index >= 15 is 0 Å². The third-order valence-corrected chi connectivity index (χ3v) is 2.09. The van der Waals surface area contributed by atoms with Crippen molar-refractivity contribution < 1.29 is 14.3 Å². The highest BCUT2D eigenvalue weighted by molar-refractivity contribution is 5.90. The molecule has 0 atom stereocenters. The highest BCUT2D eigenvalue weighted by atomic mass is 16.5. The van der Waals surface area contributed by atoms with Crippen molar-refractivity contribution in [3.63, 3.8) is 0 Å². The molecule has 0 bridgehead atoms. The van der Waals surface area contributed by atoms with Gasteiger partial charge in [0.25, 0.3) is 5.91 Å². The van der Waals surface area contributed by atoms with Gasteiger partial charge in [-0.3, -0.25) is 10.2 Å². The zero-order valence-electron chi connectivity index (χ0n) is 10.4. The van der Waals surface area contributed by atoms with Crippen molar-refractivity contribution in [2.75, 3.05) is 25.5 Å². The van der Waals surface area contributed by atoms with Crippen LogP contribution in [-0.4, -0.2) is 32.1 Å². The van der Waals surface area contributed by atoms with Gasteiger partial charge in [-0.1, -0.05) is 6.07 Å². The molecule has 0 saturated carbocycles. The molecule has 6 heteroatoms. The smallest absolute Gasteiger partial charge is 0.338 e. The Balaban J connectivity index is 2.59. The van der Waals surface area contributed by atoms with Crippen LogP contribution in [0.1, 0.15) is 17.3 Å². The minimum atomic E-state index is -0.374. The number of hydrogen-bond acceptors (Lipinski definition) is 5. The fourth-order valence-electron chi connectivity index (χ4n) is 1.34. The molecule has 18 heavy (non-hydrogen) atoms. The van der Waals surface area contributed by atoms with E-state index in [0.29, 0.717) is 17.9 Å². The number of hydrogen-bond donors (Lipinski definition) is 3. The Morgan fingerprint density at radius 2 is 2.11 bits per heavy atom. The molecule has 0 fully saturated rings. The SMILES string of the molecule is CCOC(=O)c1cccc(NCC(=O)NNC)c1. The van der Waals surface area contributed by atoms with Crippen LogP contribution >= 0.6 is 0 Å². The minimum absolute atomic E-state index is 0.118. The number of anilines is 1. The zero-order valence-corrected chi connectivity index (χ0v) is 10.4. The summed E-state index contributed by atoms with van der Waals surface area (Å²) in [5.74, 6) is -0.570. The second-order valence-electron chi connectivity index (χ2n) is 3.45. The fraction of sp³-hybridized carbons (Fsp3) is 0.333. The molecule has 3 N–H and O–H groups in total. The first kappa shape index (κ1) is 14.0. The van der Waals surface area contributed by atoms with E-state index in [-0.39, 0.29) is 18.4 Å². The number of amides is 1. The van der Waals surface area contributed by atoms with Crippen LogP contribution < -0.4 is 16.2 Å². The summed E-state index contributed by atoms with van der Waals surface area (Å²) >= 11 is 0. The van der Waals surface area contributed by atoms with Gasteiger partial charge in [-0.15, -0.1) is 0 Å². The van der Waals surface area contributed by atoms with Gasteiger partial charge in [0.15, 0.2) is 0 Å². The maximum Gasteiger partial charge on any atom is 0.338 e. The van der Waals surface area contributed by atoms with Crippen LogP contribution in [0.15, 0.2) is 24.3 Å². The van der Waals surface area contributed by atoms with Crippen molar-refractivity contribution in [1.82, 2.24) is 10.9 Å². The molecule has 0 aromatic heterocycles. The summed E-state index contributed by atoms with van der Waals surface area (Å²) in [7, 11) is 1.61. The van der Waals surface area contributed by atoms with Crippen molar-refractivity contribution in [2.45, 2.75) is 6.92 Å². The number of rotatable bonds is 6. The predicted molar refractivity (Wildman–Crippen MR) is 68.1 cm³/mol. The summed E-state index contributed by atoms with van der Waals surface area (Å²) in [5, 5.41) is 2.91. The predicted octanol–water partition coefficient (Wildman–Crippen LogP) is 0.526. The molecular formula is C12H17N3O3. The van der Waals surface area contributed by atoms with Gasteiger partial charge in [-0.25, -0.2) is 10.2 Å². The number of benzene rings is 1. The van der Waals surface area contributed by atoms with Gasteiger partial charge in [0.2, 0.25) is 0 Å². The lowest BCUT2D eigenvalue weighted by Gasteiger charge is -2.08. The molecule has 0 unspecified atom stereocenters. The molecule has 1 aromatic rings. The van der Waals surface area contributed by atoms with Gasteiger partial charge in [-0.2, -0.15) is 0 Å². The lowest BCUT2D eigenvalue weighted by atomic mass is 10.2. The Morgan fingerprint density at radius 1 is 1.33 bits per heavy atom. The molecule has 0 radical (unpaired) electrons. The van der Waals surface area contributed by atoms with Crippen LogP contribution in [0.3, 0.4) is 0 Å². The summed E-state index contributed by atoms with van der Waals surface area (Å²) in [6, 6.07) is 6.81. The molecule has 0 aliphatic carbocycles. The van der Waals surface area contributed by atoms with E-state index in [1.807, 2.05) is 0 Å². The second kappa shape index (κ2) is 7.29. The van der Waals surface area contributed by atoms with Crippen LogP contribution in [-0.2, 0) is 9.53 Å². The zero-order chi connectivity index (χ0) is 13.4. The standard InChI is InChI=1S/C12H17N3O3/c1-3-18-12(17)9-5-4-6-10(7-9)14-8-11(16)15-13-2/h4-7,13-14H,3,8H2,1-2H3,(H,15,16). The largest absolute Gasteiger partial charge is 0.462 e. The number of hydrazine groups is 1. The molecular weight excluding hydrogens is 234 g/mol. The quantitative estimate of drug-likeness (QED) is 0.507. The van der Waals surface area contributed by atoms with Crippen LogP contribution in [0.4, 0.5) is 5.69 Å². The average Bonchev–Trinajstić information content (AvgIpc) is 2.37. The van der Waals surface area contributed by atoms with Gasteiger partial charge in [0.1, 0.15) is 0 Å². The monoisotopic (exact) mass is 251 g/mol. The Kier molecular flexibility index (Phi) is 5.66. The first-order valence-electron chi connectivity index (χ1n) is 5.64. The highest BCUT2D eigenvalue weighted by Crippen LogP contribution is 2.11. The highest BCUT2D eigenvalue weighted by Gasteiger charge is 2.07. The number of carbonyl (C=O) groups excluding carboxylic acids is 2. The van der Waals surface area contributed by atoms with E-state index in [1.54, 1.807) is 38.2 Å². The van der Waals surface area contributed by atoms with Gasteiger partial charge < -0.3 is 10.1 Å². The van der Waals surface area contributed by atoms with Gasteiger partial charge in [0.05, 0.1) is 18.7 Å². The third-order valence-electron chi connectivity index (χ3n) is 2.09. The first-order valence-corrected chi connectivity index (χ1v) is 5.64. The second-order valence-corrected chi connectivity index (χ2v) is 3.45. The summed E-state index contributed by atoms with van der Waals surface area (Å²) in [6.07, 6.45) is 0. The number of ether oxygens (including phenoxy) is 1. The molecule has 0 heterocycles. The normalized spacial score (nSPS) is 9.67. The van der Waals surface area contributed by atoms with Crippen LogP contribution in [0, 0.1) is 0 Å². The van der Waals surface area contributed by atoms with Crippen LogP contribution in [0.2, 0.25) is 0 Å². The molecule has 98 valence electrons. The first-order chi connectivity index (χ1) is 8.67. The number of esters is 1. The topological polar surface area (TPSA) is 79.5 Å². The number of nitrogens with one attached hydrogen (secondary N) is 3. The van der Waals surface area contributed by atoms with Crippen LogP contribution in [0.25, 0.3) is 0 Å². The number of carbonyl (C=O) groups is 2. The van der Waals surface area contributed by atoms with E-state index in [1.165, 1.54) is 0 Å². The van der Waals surface area contributed by atoms with E-state index < -0.39 is 0 Å². The van der Waals surface area contributed by atoms with Gasteiger partial charge in [0, 0.05) is 12.7 Å². The third kappa shape index (κ3) is 4.42. The molecule has 0 aliphatic rings. The van der Waals surface area contributed by atoms with E-state index in [2.05, 4.69) is 16.2 Å². The lowest BCUT2D eigenvalue weighted by Crippen LogP contribution is -2.38. The molecule has 0 saturated heterocycles. The van der Waals surface area contributed by atoms with E-state index in [0.717, 1.165) is 0 Å². The summed E-state index contributed by atoms with van der Waals surface area (Å²) < 4.78 is 4.89. The molecule has 0 aliphatic heterocycles. The summed E-state index contributed by atoms with van der Waals surface area (Å²) in [5.41, 5.74) is 6.11. The van der Waals surface area contributed by atoms with E-state index in [4.69, 9.17) is 4.74 Å². The van der Waals surface area contributed by atoms with Crippen molar-refractivity contribution >= 4 is 17.6 Å². The Morgan fingerprint density at radius 3 is 2.78 bits per heavy atom. The Hall–Kier alpha value is -2.08. The molecule has 0 spiro atoms. The van der Waals surface area contributed by atoms with Gasteiger partial charge in [-0.05, 0) is 25.1 Å². The van der Waals surface area contributed by atoms with Crippen molar-refractivity contribution in [1.29, 1.82) is 0 Å². The maximum atomic E-state index is 11.5. The van der Waals surface area contributed by atoms with Crippen molar-refractivity contribution in [2.24, 2.45) is 0 Å². The van der Waals surface area contributed by atoms with Crippen molar-refractivity contribution in [3.05, 3.63) is 29.8 Å². The Bertz CT molecular complexity index is 421. The minimum Gasteiger partial charge on any atom is -0.462 e. The Labute approximate surface area is 106 Å². The fourth-order valence-corrected chi connectivity index (χ4v) is 1.34. The average molecular weight is 251 g/mol. The van der Waals surface area contributed by atoms with Crippen LogP contribution in [0.5, 0.6) is 0 Å². The molecule has 1 rings (SSSR count).